The van der Waals surface area contributed by atoms with Crippen LogP contribution < -0.4 is 0 Å². The Bertz CT molecular complexity index is 1160. The highest BCUT2D eigenvalue weighted by Crippen LogP contribution is 2.36. The van der Waals surface area contributed by atoms with Gasteiger partial charge in [0.1, 0.15) is 0 Å². The van der Waals surface area contributed by atoms with Crippen LogP contribution in [0.2, 0.25) is 0 Å². The van der Waals surface area contributed by atoms with Crippen LogP contribution >= 0.6 is 0 Å². The van der Waals surface area contributed by atoms with Gasteiger partial charge in [-0.25, -0.2) is 0 Å². The fourth-order valence-corrected chi connectivity index (χ4v) is 4.10. The highest BCUT2D eigenvalue weighted by Gasteiger charge is 2.18. The van der Waals surface area contributed by atoms with Crippen LogP contribution in [-0.4, -0.2) is 0 Å². The maximum Gasteiger partial charge on any atom is -0.0102 e. The number of hydrogen-bond acceptors (Lipinski definition) is 0. The predicted octanol–water partition coefficient (Wildman–Crippen LogP) is 8.26. The molecule has 4 aromatic carbocycles. The summed E-state index contributed by atoms with van der Waals surface area (Å²) in [6, 6.07) is 27.2. The van der Waals surface area contributed by atoms with Crippen LogP contribution in [0, 0.1) is 0 Å². The van der Waals surface area contributed by atoms with E-state index in [2.05, 4.69) is 114 Å². The van der Waals surface area contributed by atoms with Crippen LogP contribution in [-0.2, 0) is 10.8 Å². The SMILES string of the molecule is CC(C)(C)c1ccc2cc(-c3cccc4c(C(C)(C)C)cccc34)ccc2c1. The van der Waals surface area contributed by atoms with Crippen molar-refractivity contribution < 1.29 is 0 Å². The highest BCUT2D eigenvalue weighted by atomic mass is 14.2. The van der Waals surface area contributed by atoms with E-state index in [4.69, 9.17) is 0 Å². The van der Waals surface area contributed by atoms with Gasteiger partial charge in [-0.05, 0) is 60.7 Å². The van der Waals surface area contributed by atoms with Crippen LogP contribution in [0.15, 0.2) is 72.8 Å². The Labute approximate surface area is 169 Å². The van der Waals surface area contributed by atoms with E-state index < -0.39 is 0 Å². The summed E-state index contributed by atoms with van der Waals surface area (Å²) in [5, 5.41) is 5.30. The fraction of sp³-hybridized carbons (Fsp3) is 0.286. The second-order valence-electron chi connectivity index (χ2n) is 9.98. The molecule has 0 aliphatic heterocycles. The lowest BCUT2D eigenvalue weighted by Crippen LogP contribution is -2.11. The fourth-order valence-electron chi connectivity index (χ4n) is 4.10. The van der Waals surface area contributed by atoms with E-state index in [1.165, 1.54) is 43.8 Å². The molecule has 0 bridgehead atoms. The zero-order valence-electron chi connectivity index (χ0n) is 17.9. The van der Waals surface area contributed by atoms with E-state index in [9.17, 15) is 0 Å². The van der Waals surface area contributed by atoms with Gasteiger partial charge in [0.2, 0.25) is 0 Å². The monoisotopic (exact) mass is 366 g/mol. The molecule has 0 N–H and O–H groups in total. The number of rotatable bonds is 1. The van der Waals surface area contributed by atoms with Gasteiger partial charge in [0.05, 0.1) is 0 Å². The van der Waals surface area contributed by atoms with E-state index in [0.29, 0.717) is 0 Å². The Morgan fingerprint density at radius 3 is 1.89 bits per heavy atom. The van der Waals surface area contributed by atoms with Crippen molar-refractivity contribution >= 4 is 21.5 Å². The van der Waals surface area contributed by atoms with Crippen molar-refractivity contribution in [3.63, 3.8) is 0 Å². The van der Waals surface area contributed by atoms with Gasteiger partial charge in [-0.2, -0.15) is 0 Å². The van der Waals surface area contributed by atoms with Gasteiger partial charge in [0.15, 0.2) is 0 Å². The molecular weight excluding hydrogens is 336 g/mol. The molecule has 0 atom stereocenters. The maximum absolute atomic E-state index is 2.33. The van der Waals surface area contributed by atoms with Crippen LogP contribution in [0.25, 0.3) is 32.7 Å². The first-order chi connectivity index (χ1) is 13.1. The normalized spacial score (nSPS) is 12.6. The van der Waals surface area contributed by atoms with Crippen LogP contribution in [0.1, 0.15) is 52.7 Å². The molecule has 0 heteroatoms. The summed E-state index contributed by atoms with van der Waals surface area (Å²) in [6.45, 7) is 13.7. The summed E-state index contributed by atoms with van der Waals surface area (Å²) in [5.41, 5.74) is 5.68. The molecule has 0 amide bonds. The van der Waals surface area contributed by atoms with Gasteiger partial charge >= 0.3 is 0 Å². The first-order valence-corrected chi connectivity index (χ1v) is 10.2. The van der Waals surface area contributed by atoms with E-state index in [1.807, 2.05) is 0 Å². The summed E-state index contributed by atoms with van der Waals surface area (Å²) in [4.78, 5) is 0. The molecule has 142 valence electrons. The average Bonchev–Trinajstić information content (AvgIpc) is 2.64. The molecule has 0 unspecified atom stereocenters. The van der Waals surface area contributed by atoms with E-state index >= 15 is 0 Å². The largest absolute Gasteiger partial charge is 0.0613 e. The number of fused-ring (bicyclic) bond motifs is 2. The summed E-state index contributed by atoms with van der Waals surface area (Å²) < 4.78 is 0. The first-order valence-electron chi connectivity index (χ1n) is 10.2. The molecule has 0 nitrogen and oxygen atoms in total. The third-order valence-corrected chi connectivity index (χ3v) is 5.75. The molecule has 0 spiro atoms. The van der Waals surface area contributed by atoms with Gasteiger partial charge < -0.3 is 0 Å². The van der Waals surface area contributed by atoms with Gasteiger partial charge in [-0.3, -0.25) is 0 Å². The lowest BCUT2D eigenvalue weighted by molar-refractivity contribution is 0.591. The minimum Gasteiger partial charge on any atom is -0.0613 e. The molecular formula is C28H30. The van der Waals surface area contributed by atoms with Crippen molar-refractivity contribution in [2.75, 3.05) is 0 Å². The lowest BCUT2D eigenvalue weighted by atomic mass is 9.82. The standard InChI is InChI=1S/C28H30/c1-27(2,3)22-16-15-19-17-21(14-13-20(19)18-22)23-9-7-11-25-24(23)10-8-12-26(25)28(4,5)6/h7-18H,1-6H3. The molecule has 4 aromatic rings. The second-order valence-corrected chi connectivity index (χ2v) is 9.98. The van der Waals surface area contributed by atoms with Crippen molar-refractivity contribution in [1.82, 2.24) is 0 Å². The Kier molecular flexibility index (Phi) is 4.34. The van der Waals surface area contributed by atoms with Crippen LogP contribution in [0.4, 0.5) is 0 Å². The maximum atomic E-state index is 2.33. The minimum atomic E-state index is 0.130. The van der Waals surface area contributed by atoms with Gasteiger partial charge in [-0.15, -0.1) is 0 Å². The highest BCUT2D eigenvalue weighted by molar-refractivity contribution is 6.00. The van der Waals surface area contributed by atoms with E-state index in [0.717, 1.165) is 0 Å². The van der Waals surface area contributed by atoms with Crippen LogP contribution in [0.5, 0.6) is 0 Å². The number of hydrogen-bond donors (Lipinski definition) is 0. The summed E-state index contributed by atoms with van der Waals surface area (Å²) in [5.74, 6) is 0. The predicted molar refractivity (Wildman–Crippen MR) is 124 cm³/mol. The quantitative estimate of drug-likeness (QED) is 0.318. The number of benzene rings is 4. The zero-order chi connectivity index (χ0) is 20.1. The molecule has 4 rings (SSSR count). The minimum absolute atomic E-state index is 0.130. The van der Waals surface area contributed by atoms with Crippen LogP contribution in [0.3, 0.4) is 0 Å². The van der Waals surface area contributed by atoms with Crippen molar-refractivity contribution in [1.29, 1.82) is 0 Å². The summed E-state index contributed by atoms with van der Waals surface area (Å²) in [7, 11) is 0. The zero-order valence-corrected chi connectivity index (χ0v) is 17.9. The van der Waals surface area contributed by atoms with Crippen molar-refractivity contribution in [3.8, 4) is 11.1 Å². The van der Waals surface area contributed by atoms with Gasteiger partial charge in [0, 0.05) is 0 Å². The Balaban J connectivity index is 1.90. The van der Waals surface area contributed by atoms with E-state index in [-0.39, 0.29) is 10.8 Å². The van der Waals surface area contributed by atoms with E-state index in [1.54, 1.807) is 0 Å². The van der Waals surface area contributed by atoms with Crippen molar-refractivity contribution in [3.05, 3.63) is 83.9 Å². The molecule has 0 aromatic heterocycles. The Morgan fingerprint density at radius 2 is 1.18 bits per heavy atom. The topological polar surface area (TPSA) is 0 Å². The Morgan fingerprint density at radius 1 is 0.536 bits per heavy atom. The summed E-state index contributed by atoms with van der Waals surface area (Å²) >= 11 is 0. The Hall–Kier alpha value is -2.60. The second kappa shape index (κ2) is 6.48. The molecule has 28 heavy (non-hydrogen) atoms. The van der Waals surface area contributed by atoms with Gasteiger partial charge in [-0.1, -0.05) is 108 Å². The molecule has 0 fully saturated rings. The van der Waals surface area contributed by atoms with Crippen molar-refractivity contribution in [2.24, 2.45) is 0 Å². The van der Waals surface area contributed by atoms with Crippen molar-refractivity contribution in [2.45, 2.75) is 52.4 Å². The third kappa shape index (κ3) is 3.33. The first kappa shape index (κ1) is 18.7. The summed E-state index contributed by atoms with van der Waals surface area (Å²) in [6.07, 6.45) is 0. The molecule has 0 aliphatic rings. The average molecular weight is 367 g/mol. The molecule has 0 radical (unpaired) electrons. The molecule has 0 saturated carbocycles. The third-order valence-electron chi connectivity index (χ3n) is 5.75. The smallest absolute Gasteiger partial charge is 0.0102 e. The molecule has 0 saturated heterocycles. The lowest BCUT2D eigenvalue weighted by Gasteiger charge is -2.22. The molecule has 0 heterocycles. The van der Waals surface area contributed by atoms with Gasteiger partial charge in [0.25, 0.3) is 0 Å². The molecule has 0 aliphatic carbocycles.